The standard InChI is InChI=1S/C33H33Cl2FN6O3/c1-19(30-26(34)7-8-27(36)31(30)35)45-28-14-22(15-38-32(28)37)23-16-39-42(18-23)24-10-12-41(13-11-24)17-20-2-4-21(5-3-20)25-6-9-29(43)40-33(25)44/h2-5,7-8,14-16,18-19,24-25H,6,9-13,17H2,1H3,(H2,37,38)(H,40,43,44)/t19-,25?/m1/s1. The number of pyridine rings is 1. The van der Waals surface area contributed by atoms with Crippen LogP contribution in [0.1, 0.15) is 67.4 Å². The van der Waals surface area contributed by atoms with Gasteiger partial charge in [-0.25, -0.2) is 9.37 Å². The van der Waals surface area contributed by atoms with E-state index in [2.05, 4.69) is 32.4 Å². The second-order valence-corrected chi connectivity index (χ2v) is 12.4. The van der Waals surface area contributed by atoms with Gasteiger partial charge in [0.05, 0.1) is 23.2 Å². The van der Waals surface area contributed by atoms with Crippen molar-refractivity contribution >= 4 is 40.8 Å². The number of benzene rings is 2. The van der Waals surface area contributed by atoms with Crippen molar-refractivity contribution in [1.82, 2.24) is 25.0 Å². The molecule has 4 heterocycles. The van der Waals surface area contributed by atoms with E-state index in [0.717, 1.165) is 49.2 Å². The summed E-state index contributed by atoms with van der Waals surface area (Å²) in [5.41, 5.74) is 10.2. The van der Waals surface area contributed by atoms with Gasteiger partial charge in [0.15, 0.2) is 11.6 Å². The van der Waals surface area contributed by atoms with Gasteiger partial charge in [-0.15, -0.1) is 0 Å². The fourth-order valence-corrected chi connectivity index (χ4v) is 6.70. The molecule has 2 fully saturated rings. The van der Waals surface area contributed by atoms with Crippen LogP contribution in [0.2, 0.25) is 10.0 Å². The number of nitrogens with one attached hydrogen (secondary N) is 1. The number of halogens is 3. The smallest absolute Gasteiger partial charge is 0.234 e. The Balaban J connectivity index is 1.06. The number of nitrogens with zero attached hydrogens (tertiary/aromatic N) is 4. The molecule has 3 N–H and O–H groups in total. The van der Waals surface area contributed by atoms with Crippen molar-refractivity contribution in [3.05, 3.63) is 93.6 Å². The number of hydrogen-bond donors (Lipinski definition) is 2. The maximum atomic E-state index is 14.1. The topological polar surface area (TPSA) is 115 Å². The van der Waals surface area contributed by atoms with E-state index in [-0.39, 0.29) is 34.6 Å². The Morgan fingerprint density at radius 2 is 1.82 bits per heavy atom. The van der Waals surface area contributed by atoms with E-state index in [9.17, 15) is 14.0 Å². The summed E-state index contributed by atoms with van der Waals surface area (Å²) in [5, 5.41) is 7.29. The predicted octanol–water partition coefficient (Wildman–Crippen LogP) is 6.47. The molecule has 0 aliphatic carbocycles. The number of nitrogen functional groups attached to an aromatic ring is 1. The normalized spacial score (nSPS) is 18.5. The number of likely N-dealkylation sites (tertiary alicyclic amines) is 1. The van der Waals surface area contributed by atoms with Crippen molar-refractivity contribution in [3.63, 3.8) is 0 Å². The zero-order chi connectivity index (χ0) is 31.7. The maximum Gasteiger partial charge on any atom is 0.234 e. The Labute approximate surface area is 270 Å². The summed E-state index contributed by atoms with van der Waals surface area (Å²) < 4.78 is 22.1. The highest BCUT2D eigenvalue weighted by atomic mass is 35.5. The number of anilines is 1. The molecule has 0 saturated carbocycles. The molecule has 2 saturated heterocycles. The first-order valence-corrected chi connectivity index (χ1v) is 15.7. The first-order valence-electron chi connectivity index (χ1n) is 14.9. The molecule has 2 aliphatic rings. The van der Waals surface area contributed by atoms with E-state index in [4.69, 9.17) is 33.7 Å². The number of aromatic nitrogens is 3. The first-order chi connectivity index (χ1) is 21.7. The number of rotatable bonds is 8. The van der Waals surface area contributed by atoms with E-state index < -0.39 is 11.9 Å². The van der Waals surface area contributed by atoms with E-state index >= 15 is 0 Å². The van der Waals surface area contributed by atoms with Crippen LogP contribution < -0.4 is 15.8 Å². The molecule has 2 aromatic carbocycles. The zero-order valence-electron chi connectivity index (χ0n) is 24.7. The SMILES string of the molecule is C[C@@H](Oc1cc(-c2cnn(C3CCN(Cc4ccc(C5CCC(=O)NC5=O)cc4)CC3)c2)cnc1N)c1c(Cl)ccc(F)c1Cl. The number of imide groups is 1. The number of hydrogen-bond acceptors (Lipinski definition) is 7. The van der Waals surface area contributed by atoms with Gasteiger partial charge in [0.1, 0.15) is 11.9 Å². The first kappa shape index (κ1) is 31.0. The monoisotopic (exact) mass is 650 g/mol. The van der Waals surface area contributed by atoms with E-state index in [1.807, 2.05) is 23.0 Å². The molecule has 45 heavy (non-hydrogen) atoms. The number of carbonyl (C=O) groups excluding carboxylic acids is 2. The molecule has 2 atom stereocenters. The minimum absolute atomic E-state index is 0.0901. The highest BCUT2D eigenvalue weighted by Crippen LogP contribution is 2.37. The molecule has 2 amide bonds. The molecule has 2 aliphatic heterocycles. The molecule has 6 rings (SSSR count). The Kier molecular flexibility index (Phi) is 9.07. The van der Waals surface area contributed by atoms with Crippen LogP contribution in [0.3, 0.4) is 0 Å². The number of amides is 2. The van der Waals surface area contributed by atoms with Crippen molar-refractivity contribution in [1.29, 1.82) is 0 Å². The van der Waals surface area contributed by atoms with E-state index in [1.165, 1.54) is 17.7 Å². The van der Waals surface area contributed by atoms with Crippen molar-refractivity contribution in [2.24, 2.45) is 0 Å². The van der Waals surface area contributed by atoms with Crippen LogP contribution in [0.4, 0.5) is 10.2 Å². The molecule has 0 spiro atoms. The largest absolute Gasteiger partial charge is 0.482 e. The summed E-state index contributed by atoms with van der Waals surface area (Å²) in [7, 11) is 0. The second-order valence-electron chi connectivity index (χ2n) is 11.6. The Bertz CT molecular complexity index is 1720. The summed E-state index contributed by atoms with van der Waals surface area (Å²) in [6.45, 7) is 4.41. The summed E-state index contributed by atoms with van der Waals surface area (Å²) in [5.74, 6) is -0.728. The lowest BCUT2D eigenvalue weighted by atomic mass is 9.90. The van der Waals surface area contributed by atoms with Crippen molar-refractivity contribution < 1.29 is 18.7 Å². The quantitative estimate of drug-likeness (QED) is 0.166. The molecule has 12 heteroatoms. The average molecular weight is 652 g/mol. The second kappa shape index (κ2) is 13.2. The van der Waals surface area contributed by atoms with Crippen LogP contribution in [0.25, 0.3) is 11.1 Å². The van der Waals surface area contributed by atoms with Crippen LogP contribution in [0.5, 0.6) is 5.75 Å². The van der Waals surface area contributed by atoms with Crippen LogP contribution in [0, 0.1) is 5.82 Å². The van der Waals surface area contributed by atoms with Gasteiger partial charge >= 0.3 is 0 Å². The summed E-state index contributed by atoms with van der Waals surface area (Å²) >= 11 is 12.5. The fraction of sp³-hybridized carbons (Fsp3) is 0.333. The van der Waals surface area contributed by atoms with Crippen LogP contribution >= 0.6 is 23.2 Å². The van der Waals surface area contributed by atoms with Crippen molar-refractivity contribution in [3.8, 4) is 16.9 Å². The lowest BCUT2D eigenvalue weighted by Crippen LogP contribution is -2.39. The predicted molar refractivity (Wildman–Crippen MR) is 170 cm³/mol. The van der Waals surface area contributed by atoms with Crippen molar-refractivity contribution in [2.75, 3.05) is 18.8 Å². The zero-order valence-corrected chi connectivity index (χ0v) is 26.2. The van der Waals surface area contributed by atoms with Crippen LogP contribution in [-0.2, 0) is 16.1 Å². The molecule has 9 nitrogen and oxygen atoms in total. The van der Waals surface area contributed by atoms with E-state index in [0.29, 0.717) is 29.2 Å². The molecule has 2 aromatic heterocycles. The maximum absolute atomic E-state index is 14.1. The van der Waals surface area contributed by atoms with Gasteiger partial charge in [-0.3, -0.25) is 24.5 Å². The summed E-state index contributed by atoms with van der Waals surface area (Å²) in [6.07, 6.45) is 7.65. The lowest BCUT2D eigenvalue weighted by Gasteiger charge is -2.32. The van der Waals surface area contributed by atoms with Gasteiger partial charge in [0.25, 0.3) is 0 Å². The molecule has 1 unspecified atom stereocenters. The third kappa shape index (κ3) is 6.83. The number of ether oxygens (including phenoxy) is 1. The van der Waals surface area contributed by atoms with Gasteiger partial charge < -0.3 is 10.5 Å². The van der Waals surface area contributed by atoms with Gasteiger partial charge in [0.2, 0.25) is 11.8 Å². The third-order valence-electron chi connectivity index (χ3n) is 8.56. The van der Waals surface area contributed by atoms with Gasteiger partial charge in [-0.1, -0.05) is 47.5 Å². The molecular formula is C33H33Cl2FN6O3. The van der Waals surface area contributed by atoms with Gasteiger partial charge in [-0.05, 0) is 55.5 Å². The fourth-order valence-electron chi connectivity index (χ4n) is 6.03. The highest BCUT2D eigenvalue weighted by Gasteiger charge is 2.28. The minimum atomic E-state index is -0.670. The molecule has 234 valence electrons. The Morgan fingerprint density at radius 1 is 1.07 bits per heavy atom. The molecule has 0 bridgehead atoms. The number of carbonyl (C=O) groups is 2. The third-order valence-corrected chi connectivity index (χ3v) is 9.28. The van der Waals surface area contributed by atoms with Crippen LogP contribution in [-0.4, -0.2) is 44.6 Å². The summed E-state index contributed by atoms with van der Waals surface area (Å²) in [4.78, 5) is 30.4. The minimum Gasteiger partial charge on any atom is -0.482 e. The van der Waals surface area contributed by atoms with Gasteiger partial charge in [0, 0.05) is 60.2 Å². The molecule has 4 aromatic rings. The average Bonchev–Trinajstić information content (AvgIpc) is 3.52. The van der Waals surface area contributed by atoms with Crippen LogP contribution in [0.15, 0.2) is 61.1 Å². The Hall–Kier alpha value is -3.99. The highest BCUT2D eigenvalue weighted by molar-refractivity contribution is 6.36. The number of nitrogens with two attached hydrogens (primary N) is 1. The lowest BCUT2D eigenvalue weighted by molar-refractivity contribution is -0.134. The van der Waals surface area contributed by atoms with E-state index in [1.54, 1.807) is 25.4 Å². The summed E-state index contributed by atoms with van der Waals surface area (Å²) in [6, 6.07) is 12.9. The van der Waals surface area contributed by atoms with Gasteiger partial charge in [-0.2, -0.15) is 5.10 Å². The molecular weight excluding hydrogens is 618 g/mol. The van der Waals surface area contributed by atoms with Crippen molar-refractivity contribution in [2.45, 2.75) is 57.2 Å². The molecule has 0 radical (unpaired) electrons. The number of piperidine rings is 2. The Morgan fingerprint density at radius 3 is 2.56 bits per heavy atom.